The second kappa shape index (κ2) is 5.51. The molecule has 0 unspecified atom stereocenters. The number of aryl methyl sites for hydroxylation is 1. The van der Waals surface area contributed by atoms with E-state index in [-0.39, 0.29) is 5.91 Å². The maximum absolute atomic E-state index is 12.0. The van der Waals surface area contributed by atoms with Gasteiger partial charge in [0.1, 0.15) is 5.82 Å². The van der Waals surface area contributed by atoms with Crippen LogP contribution in [0.1, 0.15) is 22.8 Å². The summed E-state index contributed by atoms with van der Waals surface area (Å²) in [5, 5.41) is 6.80. The fraction of sp³-hybridized carbons (Fsp3) is 0.267. The molecule has 2 aromatic heterocycles. The number of imidazole rings is 1. The molecule has 1 aliphatic heterocycles. The Morgan fingerprint density at radius 1 is 1.27 bits per heavy atom. The molecule has 1 amide bonds. The van der Waals surface area contributed by atoms with Gasteiger partial charge in [-0.1, -0.05) is 12.1 Å². The predicted molar refractivity (Wildman–Crippen MR) is 85.7 cm³/mol. The fourth-order valence-corrected chi connectivity index (χ4v) is 3.51. The van der Waals surface area contributed by atoms with E-state index in [1.807, 2.05) is 24.3 Å². The molecule has 3 N–H and O–H groups in total. The molecule has 0 spiro atoms. The van der Waals surface area contributed by atoms with E-state index in [4.69, 9.17) is 0 Å². The molecule has 3 aromatic rings. The van der Waals surface area contributed by atoms with E-state index in [2.05, 4.69) is 25.6 Å². The van der Waals surface area contributed by atoms with Crippen LogP contribution in [0.2, 0.25) is 0 Å². The highest BCUT2D eigenvalue weighted by atomic mass is 32.1. The molecule has 22 heavy (non-hydrogen) atoms. The first-order valence-corrected chi connectivity index (χ1v) is 8.02. The Labute approximate surface area is 131 Å². The van der Waals surface area contributed by atoms with E-state index in [0.717, 1.165) is 35.6 Å². The number of thiazole rings is 1. The highest BCUT2D eigenvalue weighted by Crippen LogP contribution is 2.26. The predicted octanol–water partition coefficient (Wildman–Crippen LogP) is 2.19. The van der Waals surface area contributed by atoms with E-state index in [1.54, 1.807) is 11.3 Å². The number of H-pyrrole nitrogens is 1. The third-order valence-corrected chi connectivity index (χ3v) is 4.64. The smallest absolute Gasteiger partial charge is 0.226 e. The van der Waals surface area contributed by atoms with E-state index in [0.29, 0.717) is 18.0 Å². The zero-order valence-corrected chi connectivity index (χ0v) is 12.7. The van der Waals surface area contributed by atoms with Crippen molar-refractivity contribution in [2.24, 2.45) is 0 Å². The summed E-state index contributed by atoms with van der Waals surface area (Å²) in [6.07, 6.45) is 0.982. The van der Waals surface area contributed by atoms with E-state index in [9.17, 15) is 4.79 Å². The number of fused-ring (bicyclic) bond motifs is 2. The second-order valence-corrected chi connectivity index (χ2v) is 6.32. The summed E-state index contributed by atoms with van der Waals surface area (Å²) >= 11 is 1.55. The quantitative estimate of drug-likeness (QED) is 0.689. The van der Waals surface area contributed by atoms with Crippen LogP contribution in [0.3, 0.4) is 0 Å². The van der Waals surface area contributed by atoms with Crippen LogP contribution in [0.5, 0.6) is 0 Å². The molecule has 0 saturated heterocycles. The van der Waals surface area contributed by atoms with Crippen molar-refractivity contribution < 1.29 is 4.79 Å². The molecule has 6 nitrogen and oxygen atoms in total. The number of hydrogen-bond acceptors (Lipinski definition) is 5. The minimum atomic E-state index is -0.0270. The van der Waals surface area contributed by atoms with Crippen LogP contribution in [0.15, 0.2) is 24.3 Å². The van der Waals surface area contributed by atoms with Crippen LogP contribution in [0, 0.1) is 0 Å². The van der Waals surface area contributed by atoms with Gasteiger partial charge in [0.2, 0.25) is 5.91 Å². The minimum absolute atomic E-state index is 0.0270. The Balaban J connectivity index is 1.37. The normalized spacial score (nSPS) is 13.5. The lowest BCUT2D eigenvalue weighted by Crippen LogP contribution is -2.13. The topological polar surface area (TPSA) is 82.7 Å². The van der Waals surface area contributed by atoms with Gasteiger partial charge in [-0.2, -0.15) is 0 Å². The molecular weight excluding hydrogens is 298 g/mol. The Kier molecular flexibility index (Phi) is 3.36. The van der Waals surface area contributed by atoms with Gasteiger partial charge in [0.05, 0.1) is 16.7 Å². The Bertz CT molecular complexity index is 783. The molecule has 0 atom stereocenters. The van der Waals surface area contributed by atoms with Crippen molar-refractivity contribution in [3.63, 3.8) is 0 Å². The number of rotatable bonds is 4. The standard InChI is InChI=1S/C15H15N5OS/c21-14(20-15-19-11-7-16-8-12(11)22-15)6-5-13-17-9-3-1-2-4-10(9)18-13/h1-4,16H,5-8H2,(H,17,18)(H,19,20,21). The summed E-state index contributed by atoms with van der Waals surface area (Å²) in [5.41, 5.74) is 2.99. The second-order valence-electron chi connectivity index (χ2n) is 5.24. The van der Waals surface area contributed by atoms with E-state index in [1.165, 1.54) is 4.88 Å². The van der Waals surface area contributed by atoms with Crippen LogP contribution < -0.4 is 10.6 Å². The number of carbonyl (C=O) groups is 1. The Hall–Kier alpha value is -2.25. The lowest BCUT2D eigenvalue weighted by Gasteiger charge is -2.00. The largest absolute Gasteiger partial charge is 0.342 e. The number of carbonyl (C=O) groups excluding carboxylic acids is 1. The van der Waals surface area contributed by atoms with Gasteiger partial charge in [-0.25, -0.2) is 9.97 Å². The van der Waals surface area contributed by atoms with Crippen LogP contribution in [0.25, 0.3) is 11.0 Å². The number of amides is 1. The zero-order valence-electron chi connectivity index (χ0n) is 11.8. The summed E-state index contributed by atoms with van der Waals surface area (Å²) in [6, 6.07) is 7.86. The first-order valence-electron chi connectivity index (χ1n) is 7.21. The SMILES string of the molecule is O=C(CCc1nc2ccccc2[nH]1)Nc1nc2c(s1)CNC2. The monoisotopic (exact) mass is 313 g/mol. The van der Waals surface area contributed by atoms with E-state index >= 15 is 0 Å². The Morgan fingerprint density at radius 3 is 3.05 bits per heavy atom. The van der Waals surface area contributed by atoms with Crippen LogP contribution in [-0.2, 0) is 24.3 Å². The first kappa shape index (κ1) is 13.4. The number of anilines is 1. The van der Waals surface area contributed by atoms with E-state index < -0.39 is 0 Å². The summed E-state index contributed by atoms with van der Waals surface area (Å²) < 4.78 is 0. The van der Waals surface area contributed by atoms with Crippen molar-refractivity contribution in [3.8, 4) is 0 Å². The van der Waals surface area contributed by atoms with Gasteiger partial charge in [0, 0.05) is 30.8 Å². The number of nitrogens with zero attached hydrogens (tertiary/aromatic N) is 2. The number of aromatic amines is 1. The molecule has 1 aromatic carbocycles. The lowest BCUT2D eigenvalue weighted by molar-refractivity contribution is -0.116. The summed E-state index contributed by atoms with van der Waals surface area (Å²) in [6.45, 7) is 1.64. The summed E-state index contributed by atoms with van der Waals surface area (Å²) in [7, 11) is 0. The van der Waals surface area contributed by atoms with Crippen molar-refractivity contribution in [1.82, 2.24) is 20.3 Å². The number of nitrogens with one attached hydrogen (secondary N) is 3. The molecule has 1 aliphatic rings. The number of para-hydroxylation sites is 2. The molecule has 7 heteroatoms. The highest BCUT2D eigenvalue weighted by Gasteiger charge is 2.17. The third kappa shape index (κ3) is 2.60. The number of benzene rings is 1. The van der Waals surface area contributed by atoms with Gasteiger partial charge in [-0.05, 0) is 12.1 Å². The van der Waals surface area contributed by atoms with Crippen LogP contribution >= 0.6 is 11.3 Å². The number of aromatic nitrogens is 3. The molecular formula is C15H15N5OS. The van der Waals surface area contributed by atoms with Gasteiger partial charge in [0.15, 0.2) is 5.13 Å². The van der Waals surface area contributed by atoms with Crippen molar-refractivity contribution in [2.75, 3.05) is 5.32 Å². The Morgan fingerprint density at radius 2 is 2.18 bits per heavy atom. The van der Waals surface area contributed by atoms with Gasteiger partial charge in [-0.3, -0.25) is 4.79 Å². The van der Waals surface area contributed by atoms with Gasteiger partial charge in [0.25, 0.3) is 0 Å². The molecule has 0 saturated carbocycles. The molecule has 0 fully saturated rings. The maximum Gasteiger partial charge on any atom is 0.226 e. The van der Waals surface area contributed by atoms with Gasteiger partial charge < -0.3 is 15.6 Å². The summed E-state index contributed by atoms with van der Waals surface area (Å²) in [4.78, 5) is 25.4. The zero-order chi connectivity index (χ0) is 14.9. The van der Waals surface area contributed by atoms with Crippen molar-refractivity contribution >= 4 is 33.4 Å². The molecule has 112 valence electrons. The average molecular weight is 313 g/mol. The van der Waals surface area contributed by atoms with Crippen molar-refractivity contribution in [2.45, 2.75) is 25.9 Å². The molecule has 3 heterocycles. The summed E-state index contributed by atoms with van der Waals surface area (Å²) in [5.74, 6) is 0.808. The third-order valence-electron chi connectivity index (χ3n) is 3.63. The van der Waals surface area contributed by atoms with Crippen LogP contribution in [0.4, 0.5) is 5.13 Å². The minimum Gasteiger partial charge on any atom is -0.342 e. The first-order chi connectivity index (χ1) is 10.8. The molecule has 4 rings (SSSR count). The van der Waals surface area contributed by atoms with Crippen molar-refractivity contribution in [1.29, 1.82) is 0 Å². The van der Waals surface area contributed by atoms with Crippen molar-refractivity contribution in [3.05, 3.63) is 40.7 Å². The van der Waals surface area contributed by atoms with Gasteiger partial charge in [-0.15, -0.1) is 11.3 Å². The van der Waals surface area contributed by atoms with Crippen LogP contribution in [-0.4, -0.2) is 20.9 Å². The number of hydrogen-bond donors (Lipinski definition) is 3. The highest BCUT2D eigenvalue weighted by molar-refractivity contribution is 7.15. The molecule has 0 radical (unpaired) electrons. The molecule has 0 aliphatic carbocycles. The molecule has 0 bridgehead atoms. The fourth-order valence-electron chi connectivity index (χ4n) is 2.55. The maximum atomic E-state index is 12.0. The van der Waals surface area contributed by atoms with Gasteiger partial charge >= 0.3 is 0 Å². The average Bonchev–Trinajstić information content (AvgIpc) is 3.18. The lowest BCUT2D eigenvalue weighted by atomic mass is 10.3.